The molecule has 0 N–H and O–H groups in total. The van der Waals surface area contributed by atoms with E-state index in [1.807, 2.05) is 72.4 Å². The third kappa shape index (κ3) is 3.43. The van der Waals surface area contributed by atoms with Crippen LogP contribution in [0.3, 0.4) is 0 Å². The summed E-state index contributed by atoms with van der Waals surface area (Å²) in [7, 11) is 3.98. The van der Waals surface area contributed by atoms with E-state index in [0.717, 1.165) is 40.9 Å². The fraction of sp³-hybridized carbons (Fsp3) is 0.286. The summed E-state index contributed by atoms with van der Waals surface area (Å²) in [5.74, 6) is 0.957. The zero-order chi connectivity index (χ0) is 18.8. The van der Waals surface area contributed by atoms with E-state index in [9.17, 15) is 4.79 Å². The molecule has 0 spiro atoms. The Bertz CT molecular complexity index is 958. The summed E-state index contributed by atoms with van der Waals surface area (Å²) in [5, 5.41) is 10.5. The first-order valence-corrected chi connectivity index (χ1v) is 9.15. The van der Waals surface area contributed by atoms with Gasteiger partial charge in [-0.3, -0.25) is 4.79 Å². The smallest absolute Gasteiger partial charge is 0.254 e. The zero-order valence-corrected chi connectivity index (χ0v) is 15.7. The van der Waals surface area contributed by atoms with Gasteiger partial charge in [-0.2, -0.15) is 5.10 Å². The van der Waals surface area contributed by atoms with Crippen molar-refractivity contribution in [1.82, 2.24) is 15.1 Å². The maximum atomic E-state index is 13.1. The first kappa shape index (κ1) is 17.3. The second-order valence-electron chi connectivity index (χ2n) is 6.97. The van der Waals surface area contributed by atoms with Crippen LogP contribution >= 0.6 is 0 Å². The molecule has 0 unspecified atom stereocenters. The van der Waals surface area contributed by atoms with E-state index in [0.29, 0.717) is 13.1 Å². The molecule has 0 bridgehead atoms. The van der Waals surface area contributed by atoms with Crippen molar-refractivity contribution in [3.8, 4) is 0 Å². The lowest BCUT2D eigenvalue weighted by molar-refractivity contribution is 0.0748. The molecule has 1 aromatic heterocycles. The van der Waals surface area contributed by atoms with Crippen LogP contribution < -0.4 is 9.80 Å². The lowest BCUT2D eigenvalue weighted by Gasteiger charge is -2.35. The molecule has 1 aliphatic heterocycles. The molecule has 6 heteroatoms. The van der Waals surface area contributed by atoms with Crippen LogP contribution in [0.4, 0.5) is 11.5 Å². The quantitative estimate of drug-likeness (QED) is 0.718. The Kier molecular flexibility index (Phi) is 4.62. The third-order valence-electron chi connectivity index (χ3n) is 5.05. The number of fused-ring (bicyclic) bond motifs is 1. The van der Waals surface area contributed by atoms with Gasteiger partial charge in [-0.05, 0) is 16.8 Å². The topological polar surface area (TPSA) is 52.6 Å². The summed E-state index contributed by atoms with van der Waals surface area (Å²) < 4.78 is 0. The van der Waals surface area contributed by atoms with Gasteiger partial charge in [0, 0.05) is 51.9 Å². The number of carbonyl (C=O) groups excluding carboxylic acids is 1. The predicted molar refractivity (Wildman–Crippen MR) is 108 cm³/mol. The van der Waals surface area contributed by atoms with Gasteiger partial charge in [0.05, 0.1) is 11.9 Å². The summed E-state index contributed by atoms with van der Waals surface area (Å²) >= 11 is 0. The van der Waals surface area contributed by atoms with Gasteiger partial charge in [0.1, 0.15) is 0 Å². The number of piperazine rings is 1. The largest absolute Gasteiger partial charge is 0.376 e. The molecule has 138 valence electrons. The van der Waals surface area contributed by atoms with Crippen molar-refractivity contribution in [1.29, 1.82) is 0 Å². The van der Waals surface area contributed by atoms with Crippen LogP contribution in [0.1, 0.15) is 10.4 Å². The Morgan fingerprint density at radius 3 is 2.52 bits per heavy atom. The average molecular weight is 361 g/mol. The van der Waals surface area contributed by atoms with E-state index < -0.39 is 0 Å². The fourth-order valence-electron chi connectivity index (χ4n) is 3.47. The first-order chi connectivity index (χ1) is 13.1. The van der Waals surface area contributed by atoms with Gasteiger partial charge in [-0.15, -0.1) is 5.10 Å². The average Bonchev–Trinajstić information content (AvgIpc) is 2.73. The molecule has 4 rings (SSSR count). The van der Waals surface area contributed by atoms with Crippen LogP contribution in [0.15, 0.2) is 54.7 Å². The van der Waals surface area contributed by atoms with E-state index in [-0.39, 0.29) is 5.91 Å². The number of rotatable bonds is 3. The highest BCUT2D eigenvalue weighted by Gasteiger charge is 2.24. The molecule has 1 aliphatic rings. The Morgan fingerprint density at radius 2 is 1.74 bits per heavy atom. The Hall–Kier alpha value is -3.15. The molecular weight excluding hydrogens is 338 g/mol. The standard InChI is InChI=1S/C21H23N5O/c1-24(2)17-14-20(23-22-15-17)25-10-12-26(13-11-25)21(27)19-9-5-7-16-6-3-4-8-18(16)19/h3-9,14-15H,10-13H2,1-2H3. The number of carbonyl (C=O) groups is 1. The van der Waals surface area contributed by atoms with Gasteiger partial charge >= 0.3 is 0 Å². The maximum Gasteiger partial charge on any atom is 0.254 e. The van der Waals surface area contributed by atoms with Crippen molar-refractivity contribution >= 4 is 28.2 Å². The first-order valence-electron chi connectivity index (χ1n) is 9.15. The Labute approximate surface area is 159 Å². The lowest BCUT2D eigenvalue weighted by Crippen LogP contribution is -2.49. The minimum Gasteiger partial charge on any atom is -0.376 e. The normalized spacial score (nSPS) is 14.4. The van der Waals surface area contributed by atoms with E-state index in [4.69, 9.17) is 0 Å². The highest BCUT2D eigenvalue weighted by atomic mass is 16.2. The van der Waals surface area contributed by atoms with Gasteiger partial charge in [-0.1, -0.05) is 36.4 Å². The number of amides is 1. The van der Waals surface area contributed by atoms with Crippen LogP contribution in [0.5, 0.6) is 0 Å². The number of anilines is 2. The summed E-state index contributed by atoms with van der Waals surface area (Å²) in [6.45, 7) is 2.86. The summed E-state index contributed by atoms with van der Waals surface area (Å²) in [6.07, 6.45) is 1.75. The van der Waals surface area contributed by atoms with E-state index in [2.05, 4.69) is 15.1 Å². The molecule has 2 aromatic carbocycles. The number of aromatic nitrogens is 2. The Balaban J connectivity index is 1.49. The van der Waals surface area contributed by atoms with E-state index >= 15 is 0 Å². The molecule has 3 aromatic rings. The minimum atomic E-state index is 0.0968. The van der Waals surface area contributed by atoms with E-state index in [1.54, 1.807) is 6.20 Å². The Morgan fingerprint density at radius 1 is 1.00 bits per heavy atom. The highest BCUT2D eigenvalue weighted by Crippen LogP contribution is 2.22. The molecule has 1 saturated heterocycles. The summed E-state index contributed by atoms with van der Waals surface area (Å²) in [6, 6.07) is 16.0. The maximum absolute atomic E-state index is 13.1. The van der Waals surface area contributed by atoms with Gasteiger partial charge in [0.2, 0.25) is 0 Å². The molecule has 27 heavy (non-hydrogen) atoms. The van der Waals surface area contributed by atoms with Crippen molar-refractivity contribution in [3.05, 3.63) is 60.3 Å². The number of nitrogens with zero attached hydrogens (tertiary/aromatic N) is 5. The molecule has 6 nitrogen and oxygen atoms in total. The van der Waals surface area contributed by atoms with Gasteiger partial charge in [0.15, 0.2) is 5.82 Å². The van der Waals surface area contributed by atoms with E-state index in [1.165, 1.54) is 0 Å². The van der Waals surface area contributed by atoms with Crippen LogP contribution in [0.2, 0.25) is 0 Å². The fourth-order valence-corrected chi connectivity index (χ4v) is 3.47. The number of hydrogen-bond acceptors (Lipinski definition) is 5. The highest BCUT2D eigenvalue weighted by molar-refractivity contribution is 6.07. The minimum absolute atomic E-state index is 0.0968. The monoisotopic (exact) mass is 361 g/mol. The van der Waals surface area contributed by atoms with Gasteiger partial charge in [-0.25, -0.2) is 0 Å². The van der Waals surface area contributed by atoms with Crippen molar-refractivity contribution in [2.24, 2.45) is 0 Å². The summed E-state index contributed by atoms with van der Waals surface area (Å²) in [5.41, 5.74) is 1.80. The van der Waals surface area contributed by atoms with Crippen LogP contribution in [0, 0.1) is 0 Å². The molecule has 0 radical (unpaired) electrons. The predicted octanol–water partition coefficient (Wildman–Crippen LogP) is 2.66. The zero-order valence-electron chi connectivity index (χ0n) is 15.7. The SMILES string of the molecule is CN(C)c1cnnc(N2CCN(C(=O)c3cccc4ccccc34)CC2)c1. The molecule has 0 aliphatic carbocycles. The van der Waals surface area contributed by atoms with Gasteiger partial charge < -0.3 is 14.7 Å². The van der Waals surface area contributed by atoms with Crippen molar-refractivity contribution in [2.45, 2.75) is 0 Å². The van der Waals surface area contributed by atoms with Crippen molar-refractivity contribution in [3.63, 3.8) is 0 Å². The van der Waals surface area contributed by atoms with Crippen LogP contribution in [-0.4, -0.2) is 61.3 Å². The second-order valence-corrected chi connectivity index (χ2v) is 6.97. The summed E-state index contributed by atoms with van der Waals surface area (Å²) in [4.78, 5) is 19.2. The number of hydrogen-bond donors (Lipinski definition) is 0. The molecular formula is C21H23N5O. The third-order valence-corrected chi connectivity index (χ3v) is 5.05. The number of benzene rings is 2. The second kappa shape index (κ2) is 7.23. The van der Waals surface area contributed by atoms with Crippen LogP contribution in [-0.2, 0) is 0 Å². The molecule has 1 amide bonds. The van der Waals surface area contributed by atoms with Crippen LogP contribution in [0.25, 0.3) is 10.8 Å². The van der Waals surface area contributed by atoms with Crippen molar-refractivity contribution < 1.29 is 4.79 Å². The lowest BCUT2D eigenvalue weighted by atomic mass is 10.0. The molecule has 2 heterocycles. The molecule has 0 atom stereocenters. The molecule has 1 fully saturated rings. The van der Waals surface area contributed by atoms with Crippen molar-refractivity contribution in [2.75, 3.05) is 50.1 Å². The molecule has 0 saturated carbocycles. The van der Waals surface area contributed by atoms with Gasteiger partial charge in [0.25, 0.3) is 5.91 Å².